The highest BCUT2D eigenvalue weighted by Crippen LogP contribution is 2.05. The average molecular weight is 239 g/mol. The number of carbonyl (C=O) groups is 1. The number of hydrogen-bond acceptors (Lipinski definition) is 5. The molecule has 1 aliphatic rings. The Balaban J connectivity index is 1.99. The first kappa shape index (κ1) is 10.5. The predicted octanol–water partition coefficient (Wildman–Crippen LogP) is -0.0544. The summed E-state index contributed by atoms with van der Waals surface area (Å²) in [4.78, 5) is 27.5. The first-order chi connectivity index (χ1) is 8.81. The minimum absolute atomic E-state index is 0.190. The topological polar surface area (TPSA) is 80.1 Å². The van der Waals surface area contributed by atoms with Gasteiger partial charge in [-0.1, -0.05) is 12.1 Å². The number of pyridine rings is 1. The number of hydrogen-bond donors (Lipinski definition) is 1. The number of amides is 1. The van der Waals surface area contributed by atoms with E-state index in [9.17, 15) is 4.79 Å². The number of rotatable bonds is 2. The highest BCUT2D eigenvalue weighted by Gasteiger charge is 2.05. The summed E-state index contributed by atoms with van der Waals surface area (Å²) in [6.07, 6.45) is 5.39. The molecule has 0 fully saturated rings. The van der Waals surface area contributed by atoms with Crippen LogP contribution in [-0.4, -0.2) is 20.9 Å². The van der Waals surface area contributed by atoms with Crippen molar-refractivity contribution in [1.82, 2.24) is 15.0 Å². The molecule has 6 heteroatoms. The van der Waals surface area contributed by atoms with Crippen LogP contribution in [0.2, 0.25) is 0 Å². The smallest absolute Gasteiger partial charge is 0.251 e. The third-order valence-electron chi connectivity index (χ3n) is 2.43. The molecular formula is C12H9N5O. The van der Waals surface area contributed by atoms with Gasteiger partial charge in [-0.3, -0.25) is 4.79 Å². The largest absolute Gasteiger partial charge is 0.309 e. The van der Waals surface area contributed by atoms with E-state index in [1.165, 1.54) is 0 Å². The summed E-state index contributed by atoms with van der Waals surface area (Å²) in [6, 6.07) is 5.48. The predicted molar refractivity (Wildman–Crippen MR) is 64.4 cm³/mol. The van der Waals surface area contributed by atoms with Crippen LogP contribution in [-0.2, 0) is 4.79 Å². The molecule has 18 heavy (non-hydrogen) atoms. The molecule has 1 amide bonds. The summed E-state index contributed by atoms with van der Waals surface area (Å²) < 4.78 is 0. The van der Waals surface area contributed by atoms with Gasteiger partial charge in [0.05, 0.1) is 0 Å². The van der Waals surface area contributed by atoms with Crippen LogP contribution in [0, 0.1) is 0 Å². The number of carbonyl (C=O) groups excluding carboxylic acids is 1. The standard InChI is InChI=1S/C12H9N5O/c18-10-5-4-8-7-14-12(17-11(8)16-10)15-9-3-1-2-6-13-9/h1-4,6-7H,5H2,(H,13,15,16,17,18). The van der Waals surface area contributed by atoms with E-state index in [1.54, 1.807) is 24.5 Å². The maximum absolute atomic E-state index is 11.2. The number of nitrogens with zero attached hydrogens (tertiary/aromatic N) is 4. The lowest BCUT2D eigenvalue weighted by Gasteiger charge is -2.03. The van der Waals surface area contributed by atoms with Gasteiger partial charge in [0.2, 0.25) is 5.95 Å². The fourth-order valence-electron chi connectivity index (χ4n) is 1.59. The Morgan fingerprint density at radius 3 is 3.00 bits per heavy atom. The minimum atomic E-state index is -0.190. The lowest BCUT2D eigenvalue weighted by Crippen LogP contribution is -2.33. The zero-order chi connectivity index (χ0) is 12.4. The molecule has 3 heterocycles. The van der Waals surface area contributed by atoms with E-state index in [2.05, 4.69) is 25.3 Å². The van der Waals surface area contributed by atoms with E-state index >= 15 is 0 Å². The third kappa shape index (κ3) is 2.08. The van der Waals surface area contributed by atoms with Crippen molar-refractivity contribution in [2.24, 2.45) is 4.99 Å². The summed E-state index contributed by atoms with van der Waals surface area (Å²) in [5.41, 5.74) is 0.402. The van der Waals surface area contributed by atoms with Gasteiger partial charge in [-0.2, -0.15) is 9.98 Å². The van der Waals surface area contributed by atoms with Gasteiger partial charge in [0.1, 0.15) is 5.82 Å². The van der Waals surface area contributed by atoms with Gasteiger partial charge in [-0.05, 0) is 12.1 Å². The van der Waals surface area contributed by atoms with Crippen molar-refractivity contribution in [2.75, 3.05) is 5.32 Å². The quantitative estimate of drug-likeness (QED) is 0.794. The molecule has 0 radical (unpaired) electrons. The van der Waals surface area contributed by atoms with Crippen molar-refractivity contribution in [2.45, 2.75) is 6.42 Å². The highest BCUT2D eigenvalue weighted by atomic mass is 16.1. The second-order valence-corrected chi connectivity index (χ2v) is 3.73. The van der Waals surface area contributed by atoms with Gasteiger partial charge in [0.15, 0.2) is 5.49 Å². The van der Waals surface area contributed by atoms with Gasteiger partial charge in [0, 0.05) is 24.0 Å². The highest BCUT2D eigenvalue weighted by molar-refractivity contribution is 5.82. The maximum atomic E-state index is 11.2. The van der Waals surface area contributed by atoms with Crippen LogP contribution in [0.3, 0.4) is 0 Å². The van der Waals surface area contributed by atoms with Crippen molar-refractivity contribution in [3.05, 3.63) is 41.3 Å². The van der Waals surface area contributed by atoms with Gasteiger partial charge in [-0.25, -0.2) is 9.97 Å². The molecule has 0 atom stereocenters. The molecule has 1 aliphatic heterocycles. The van der Waals surface area contributed by atoms with Crippen LogP contribution in [0.15, 0.2) is 35.6 Å². The van der Waals surface area contributed by atoms with Gasteiger partial charge >= 0.3 is 0 Å². The number of anilines is 2. The fourth-order valence-corrected chi connectivity index (χ4v) is 1.59. The average Bonchev–Trinajstić information content (AvgIpc) is 2.39. The molecule has 0 bridgehead atoms. The first-order valence-corrected chi connectivity index (χ1v) is 5.44. The van der Waals surface area contributed by atoms with E-state index in [0.29, 0.717) is 23.7 Å². The van der Waals surface area contributed by atoms with Gasteiger partial charge in [0.25, 0.3) is 5.91 Å². The van der Waals surface area contributed by atoms with E-state index < -0.39 is 0 Å². The fraction of sp³-hybridized carbons (Fsp3) is 0.0833. The zero-order valence-electron chi connectivity index (χ0n) is 9.37. The zero-order valence-corrected chi connectivity index (χ0v) is 9.37. The Labute approximate surface area is 102 Å². The van der Waals surface area contributed by atoms with Crippen LogP contribution in [0.1, 0.15) is 6.42 Å². The molecular weight excluding hydrogens is 230 g/mol. The third-order valence-corrected chi connectivity index (χ3v) is 2.43. The van der Waals surface area contributed by atoms with Gasteiger partial charge in [-0.15, -0.1) is 0 Å². The summed E-state index contributed by atoms with van der Waals surface area (Å²) in [7, 11) is 0. The lowest BCUT2D eigenvalue weighted by molar-refractivity contribution is -0.117. The van der Waals surface area contributed by atoms with Crippen molar-refractivity contribution >= 4 is 23.7 Å². The molecule has 0 saturated carbocycles. The normalized spacial score (nSPS) is 13.2. The summed E-state index contributed by atoms with van der Waals surface area (Å²) in [5, 5.41) is 3.73. The van der Waals surface area contributed by atoms with Crippen molar-refractivity contribution in [3.8, 4) is 0 Å². The Bertz CT molecular complexity index is 711. The van der Waals surface area contributed by atoms with Crippen molar-refractivity contribution in [1.29, 1.82) is 0 Å². The molecule has 3 rings (SSSR count). The minimum Gasteiger partial charge on any atom is -0.309 e. The molecule has 2 aromatic rings. The number of nitrogens with one attached hydrogen (secondary N) is 1. The van der Waals surface area contributed by atoms with E-state index in [1.807, 2.05) is 12.1 Å². The first-order valence-electron chi connectivity index (χ1n) is 5.44. The molecule has 0 spiro atoms. The summed E-state index contributed by atoms with van der Waals surface area (Å²) in [6.45, 7) is 0. The second-order valence-electron chi connectivity index (χ2n) is 3.73. The Kier molecular flexibility index (Phi) is 2.53. The van der Waals surface area contributed by atoms with Crippen LogP contribution in [0.5, 0.6) is 0 Å². The van der Waals surface area contributed by atoms with Crippen LogP contribution in [0.4, 0.5) is 11.8 Å². The van der Waals surface area contributed by atoms with Gasteiger partial charge < -0.3 is 5.32 Å². The SMILES string of the molecule is O=C1CC=c2cnc(Nc3ccccn3)nc2=N1. The van der Waals surface area contributed by atoms with Crippen LogP contribution >= 0.6 is 0 Å². The molecule has 6 nitrogen and oxygen atoms in total. The number of aromatic nitrogens is 3. The molecule has 1 N–H and O–H groups in total. The van der Waals surface area contributed by atoms with Crippen LogP contribution in [0.25, 0.3) is 6.08 Å². The lowest BCUT2D eigenvalue weighted by atomic mass is 10.3. The van der Waals surface area contributed by atoms with Crippen LogP contribution < -0.4 is 16.0 Å². The molecule has 0 aromatic carbocycles. The van der Waals surface area contributed by atoms with E-state index in [4.69, 9.17) is 0 Å². The molecule has 0 unspecified atom stereocenters. The van der Waals surface area contributed by atoms with Crippen molar-refractivity contribution in [3.63, 3.8) is 0 Å². The second kappa shape index (κ2) is 4.33. The Hall–Kier alpha value is -2.63. The molecule has 0 aliphatic carbocycles. The summed E-state index contributed by atoms with van der Waals surface area (Å²) in [5.74, 6) is 0.827. The monoisotopic (exact) mass is 239 g/mol. The maximum Gasteiger partial charge on any atom is 0.251 e. The molecule has 2 aromatic heterocycles. The Morgan fingerprint density at radius 2 is 2.17 bits per heavy atom. The molecule has 0 saturated heterocycles. The van der Waals surface area contributed by atoms with Crippen molar-refractivity contribution < 1.29 is 4.79 Å². The summed E-state index contributed by atoms with van der Waals surface area (Å²) >= 11 is 0. The van der Waals surface area contributed by atoms with E-state index in [0.717, 1.165) is 5.22 Å². The van der Waals surface area contributed by atoms with E-state index in [-0.39, 0.29) is 5.91 Å². The number of fused-ring (bicyclic) bond motifs is 1. The molecule has 88 valence electrons. The Morgan fingerprint density at radius 1 is 1.22 bits per heavy atom.